The van der Waals surface area contributed by atoms with Crippen molar-refractivity contribution in [1.82, 2.24) is 10.3 Å². The van der Waals surface area contributed by atoms with Crippen LogP contribution in [0.1, 0.15) is 12.8 Å². The second-order valence-electron chi connectivity index (χ2n) is 4.17. The number of carbonyl (C=O) groups is 1. The maximum absolute atomic E-state index is 12.9. The molecule has 1 amide bonds. The summed E-state index contributed by atoms with van der Waals surface area (Å²) in [5, 5.41) is -0.274. The van der Waals surface area contributed by atoms with Crippen LogP contribution in [0.2, 0.25) is 5.02 Å². The molecule has 2 N–H and O–H groups in total. The maximum Gasteiger partial charge on any atom is 0.264 e. The smallest absolute Gasteiger partial charge is 0.264 e. The Bertz CT molecular complexity index is 617. The van der Waals surface area contributed by atoms with Crippen molar-refractivity contribution in [3.8, 4) is 0 Å². The molecule has 1 aliphatic rings. The molecule has 9 heteroatoms. The van der Waals surface area contributed by atoms with Crippen molar-refractivity contribution in [1.29, 1.82) is 0 Å². The van der Waals surface area contributed by atoms with Crippen LogP contribution in [0.5, 0.6) is 0 Å². The first-order valence-electron chi connectivity index (χ1n) is 5.78. The van der Waals surface area contributed by atoms with Gasteiger partial charge in [-0.1, -0.05) is 11.6 Å². The summed E-state index contributed by atoms with van der Waals surface area (Å²) < 4.78 is 41.8. The molecule has 1 fully saturated rings. The predicted molar refractivity (Wildman–Crippen MR) is 68.8 cm³/mol. The molecule has 6 nitrogen and oxygen atoms in total. The summed E-state index contributed by atoms with van der Waals surface area (Å²) in [6, 6.07) is 2.85. The number of rotatable bonds is 4. The Morgan fingerprint density at radius 2 is 2.20 bits per heavy atom. The topological polar surface area (TPSA) is 84.5 Å². The fourth-order valence-electron chi connectivity index (χ4n) is 1.73. The number of hydrazine groups is 1. The van der Waals surface area contributed by atoms with Crippen molar-refractivity contribution in [2.24, 2.45) is 0 Å². The SMILES string of the molecule is O=C(NNS(=O)(=O)c1ccc(F)cc1Cl)C1CCCO1. The van der Waals surface area contributed by atoms with Crippen LogP contribution in [0, 0.1) is 5.82 Å². The first kappa shape index (κ1) is 15.2. The number of sulfonamides is 1. The molecule has 1 unspecified atom stereocenters. The minimum Gasteiger partial charge on any atom is -0.368 e. The van der Waals surface area contributed by atoms with E-state index < -0.39 is 27.9 Å². The number of halogens is 2. The third kappa shape index (κ3) is 3.45. The third-order valence-electron chi connectivity index (χ3n) is 2.71. The lowest BCUT2D eigenvalue weighted by atomic mass is 10.2. The zero-order chi connectivity index (χ0) is 14.8. The van der Waals surface area contributed by atoms with Gasteiger partial charge in [-0.25, -0.2) is 12.8 Å². The van der Waals surface area contributed by atoms with Crippen LogP contribution in [0.3, 0.4) is 0 Å². The fourth-order valence-corrected chi connectivity index (χ4v) is 3.11. The van der Waals surface area contributed by atoms with E-state index in [1.807, 2.05) is 4.83 Å². The summed E-state index contributed by atoms with van der Waals surface area (Å²) in [4.78, 5) is 13.2. The molecule has 1 saturated heterocycles. The summed E-state index contributed by atoms with van der Waals surface area (Å²) in [5.74, 6) is -1.23. The molecule has 0 saturated carbocycles. The zero-order valence-electron chi connectivity index (χ0n) is 10.2. The molecule has 0 spiro atoms. The Balaban J connectivity index is 2.05. The summed E-state index contributed by atoms with van der Waals surface area (Å²) in [6.45, 7) is 0.467. The van der Waals surface area contributed by atoms with Crippen molar-refractivity contribution in [2.45, 2.75) is 23.8 Å². The standard InChI is InChI=1S/C11H12ClFN2O4S/c12-8-6-7(13)3-4-10(8)20(17,18)15-14-11(16)9-2-1-5-19-9/h3-4,6,9,15H,1-2,5H2,(H,14,16). The van der Waals surface area contributed by atoms with Gasteiger partial charge in [0, 0.05) is 6.61 Å². The summed E-state index contributed by atoms with van der Waals surface area (Å²) in [6.07, 6.45) is 0.612. The molecule has 1 atom stereocenters. The average Bonchev–Trinajstić information content (AvgIpc) is 2.89. The number of nitrogens with one attached hydrogen (secondary N) is 2. The molecule has 1 aliphatic heterocycles. The van der Waals surface area contributed by atoms with Crippen molar-refractivity contribution in [3.63, 3.8) is 0 Å². The summed E-state index contributed by atoms with van der Waals surface area (Å²) >= 11 is 5.66. The van der Waals surface area contributed by atoms with Crippen molar-refractivity contribution in [3.05, 3.63) is 29.0 Å². The Hall–Kier alpha value is -1.22. The number of ether oxygens (including phenoxy) is 1. The van der Waals surface area contributed by atoms with E-state index in [1.165, 1.54) is 0 Å². The quantitative estimate of drug-likeness (QED) is 0.809. The maximum atomic E-state index is 12.9. The highest BCUT2D eigenvalue weighted by Gasteiger charge is 2.25. The monoisotopic (exact) mass is 322 g/mol. The molecule has 0 bridgehead atoms. The number of amides is 1. The van der Waals surface area contributed by atoms with Gasteiger partial charge in [0.05, 0.1) is 5.02 Å². The van der Waals surface area contributed by atoms with Gasteiger partial charge in [0.2, 0.25) is 0 Å². The normalized spacial score (nSPS) is 19.0. The summed E-state index contributed by atoms with van der Waals surface area (Å²) in [7, 11) is -4.07. The van der Waals surface area contributed by atoms with E-state index in [1.54, 1.807) is 0 Å². The van der Waals surface area contributed by atoms with Gasteiger partial charge in [-0.2, -0.15) is 0 Å². The minimum atomic E-state index is -4.07. The second-order valence-corrected chi connectivity index (χ2v) is 6.23. The first-order valence-corrected chi connectivity index (χ1v) is 7.64. The number of hydrogen-bond donors (Lipinski definition) is 2. The van der Waals surface area contributed by atoms with Crippen LogP contribution >= 0.6 is 11.6 Å². The first-order chi connectivity index (χ1) is 9.40. The lowest BCUT2D eigenvalue weighted by Gasteiger charge is -2.12. The lowest BCUT2D eigenvalue weighted by molar-refractivity contribution is -0.130. The highest BCUT2D eigenvalue weighted by Crippen LogP contribution is 2.21. The fraction of sp³-hybridized carbons (Fsp3) is 0.364. The largest absolute Gasteiger partial charge is 0.368 e. The molecule has 1 aromatic carbocycles. The van der Waals surface area contributed by atoms with Gasteiger partial charge in [-0.05, 0) is 31.0 Å². The van der Waals surface area contributed by atoms with Crippen LogP contribution in [-0.4, -0.2) is 27.0 Å². The van der Waals surface area contributed by atoms with E-state index in [0.717, 1.165) is 24.6 Å². The van der Waals surface area contributed by atoms with Gasteiger partial charge in [0.25, 0.3) is 15.9 Å². The van der Waals surface area contributed by atoms with Crippen LogP contribution in [0.25, 0.3) is 0 Å². The highest BCUT2D eigenvalue weighted by molar-refractivity contribution is 7.89. The number of benzene rings is 1. The Morgan fingerprint density at radius 1 is 1.45 bits per heavy atom. The zero-order valence-corrected chi connectivity index (χ0v) is 11.8. The molecule has 0 aromatic heterocycles. The molecule has 20 heavy (non-hydrogen) atoms. The van der Waals surface area contributed by atoms with E-state index in [0.29, 0.717) is 13.0 Å². The Kier molecular flexibility index (Phi) is 4.59. The van der Waals surface area contributed by atoms with E-state index in [2.05, 4.69) is 5.43 Å². The van der Waals surface area contributed by atoms with E-state index in [4.69, 9.17) is 16.3 Å². The van der Waals surface area contributed by atoms with Gasteiger partial charge in [0.15, 0.2) is 0 Å². The highest BCUT2D eigenvalue weighted by atomic mass is 35.5. The predicted octanol–water partition coefficient (Wildman–Crippen LogP) is 0.968. The molecule has 2 rings (SSSR count). The van der Waals surface area contributed by atoms with E-state index >= 15 is 0 Å². The molecule has 0 aliphatic carbocycles. The van der Waals surface area contributed by atoms with Crippen molar-refractivity contribution in [2.75, 3.05) is 6.61 Å². The summed E-state index contributed by atoms with van der Waals surface area (Å²) in [5.41, 5.74) is 2.05. The molecule has 110 valence electrons. The third-order valence-corrected chi connectivity index (χ3v) is 4.44. The van der Waals surface area contributed by atoms with Gasteiger partial charge < -0.3 is 4.74 Å². The average molecular weight is 323 g/mol. The number of carbonyl (C=O) groups excluding carboxylic acids is 1. The molecule has 0 radical (unpaired) electrons. The van der Waals surface area contributed by atoms with Crippen molar-refractivity contribution >= 4 is 27.5 Å². The Labute approximate surface area is 120 Å². The van der Waals surface area contributed by atoms with Gasteiger partial charge in [-0.3, -0.25) is 10.2 Å². The van der Waals surface area contributed by atoms with Crippen LogP contribution in [0.15, 0.2) is 23.1 Å². The van der Waals surface area contributed by atoms with Crippen LogP contribution in [0.4, 0.5) is 4.39 Å². The second kappa shape index (κ2) is 6.04. The van der Waals surface area contributed by atoms with Crippen LogP contribution < -0.4 is 10.3 Å². The minimum absolute atomic E-state index is 0.274. The molecular weight excluding hydrogens is 311 g/mol. The number of hydrogen-bond acceptors (Lipinski definition) is 4. The van der Waals surface area contributed by atoms with Gasteiger partial charge in [-0.15, -0.1) is 4.83 Å². The van der Waals surface area contributed by atoms with Gasteiger partial charge in [0.1, 0.15) is 16.8 Å². The van der Waals surface area contributed by atoms with Crippen LogP contribution in [-0.2, 0) is 19.6 Å². The lowest BCUT2D eigenvalue weighted by Crippen LogP contribution is -2.46. The van der Waals surface area contributed by atoms with E-state index in [-0.39, 0.29) is 9.92 Å². The van der Waals surface area contributed by atoms with Crippen molar-refractivity contribution < 1.29 is 22.3 Å². The van der Waals surface area contributed by atoms with E-state index in [9.17, 15) is 17.6 Å². The molecule has 1 heterocycles. The molecule has 1 aromatic rings. The van der Waals surface area contributed by atoms with Gasteiger partial charge >= 0.3 is 0 Å². The Morgan fingerprint density at radius 3 is 2.80 bits per heavy atom. The molecular formula is C11H12ClFN2O4S.